The van der Waals surface area contributed by atoms with E-state index in [1.54, 1.807) is 18.4 Å². The van der Waals surface area contributed by atoms with Crippen LogP contribution in [0.1, 0.15) is 24.6 Å². The number of fused-ring (bicyclic) bond motifs is 2. The Morgan fingerprint density at radius 1 is 0.968 bits per heavy atom. The summed E-state index contributed by atoms with van der Waals surface area (Å²) in [6, 6.07) is 10.4. The Bertz CT molecular complexity index is 1370. The summed E-state index contributed by atoms with van der Waals surface area (Å²) in [6.07, 6.45) is 7.68. The van der Waals surface area contributed by atoms with Gasteiger partial charge in [0.2, 0.25) is 0 Å². The predicted molar refractivity (Wildman–Crippen MR) is 114 cm³/mol. The number of oxazole rings is 1. The maximum Gasteiger partial charge on any atom is 0.306 e. The maximum absolute atomic E-state index is 13.5. The number of benzene rings is 1. The quantitative estimate of drug-likeness (QED) is 0.440. The number of rotatable bonds is 3. The lowest BCUT2D eigenvalue weighted by Gasteiger charge is -2.27. The molecule has 5 aromatic rings. The molecule has 5 heterocycles. The van der Waals surface area contributed by atoms with E-state index in [4.69, 9.17) is 4.42 Å². The molecule has 8 heteroatoms. The third-order valence-corrected chi connectivity index (χ3v) is 6.17. The molecular formula is C23H21FN6O. The summed E-state index contributed by atoms with van der Waals surface area (Å²) in [5, 5.41) is 8.92. The van der Waals surface area contributed by atoms with Crippen molar-refractivity contribution >= 4 is 11.5 Å². The lowest BCUT2D eigenvalue weighted by molar-refractivity contribution is 0.250. The number of halogens is 1. The predicted octanol–water partition coefficient (Wildman–Crippen LogP) is 4.25. The molecule has 0 amide bonds. The van der Waals surface area contributed by atoms with Gasteiger partial charge < -0.3 is 9.32 Å². The summed E-state index contributed by atoms with van der Waals surface area (Å²) in [4.78, 5) is 7.01. The Balaban J connectivity index is 1.51. The Morgan fingerprint density at radius 3 is 2.55 bits per heavy atom. The van der Waals surface area contributed by atoms with Crippen LogP contribution >= 0.6 is 0 Å². The molecule has 6 rings (SSSR count). The Kier molecular flexibility index (Phi) is 4.14. The third-order valence-electron chi connectivity index (χ3n) is 6.17. The van der Waals surface area contributed by atoms with Gasteiger partial charge in [0.05, 0.1) is 5.69 Å². The van der Waals surface area contributed by atoms with Crippen molar-refractivity contribution in [1.29, 1.82) is 0 Å². The first-order valence-electron chi connectivity index (χ1n) is 10.4. The number of pyridine rings is 1. The molecule has 1 aromatic carbocycles. The standard InChI is InChI=1S/C23H21FN6O/c1-28-10-8-16(9-11-28)22-27-26-19-7-4-17(14-30(19)22)21-20(15-2-5-18(24)6-3-15)25-23-29(21)12-13-31-23/h2-7,12-14,16H,8-11H2,1H3. The Labute approximate surface area is 177 Å². The van der Waals surface area contributed by atoms with Crippen LogP contribution in [0.5, 0.6) is 0 Å². The van der Waals surface area contributed by atoms with E-state index < -0.39 is 0 Å². The molecule has 0 saturated carbocycles. The number of imidazole rings is 1. The van der Waals surface area contributed by atoms with E-state index in [0.717, 1.165) is 59.9 Å². The summed E-state index contributed by atoms with van der Waals surface area (Å²) >= 11 is 0. The zero-order valence-electron chi connectivity index (χ0n) is 17.1. The number of aromatic nitrogens is 5. The molecule has 0 unspecified atom stereocenters. The van der Waals surface area contributed by atoms with Gasteiger partial charge in [-0.1, -0.05) is 0 Å². The van der Waals surface area contributed by atoms with Crippen LogP contribution in [-0.4, -0.2) is 49.0 Å². The first-order chi connectivity index (χ1) is 15.2. The molecule has 0 bridgehead atoms. The van der Waals surface area contributed by atoms with E-state index in [9.17, 15) is 4.39 Å². The van der Waals surface area contributed by atoms with E-state index in [-0.39, 0.29) is 5.82 Å². The van der Waals surface area contributed by atoms with Crippen LogP contribution in [-0.2, 0) is 0 Å². The Hall–Kier alpha value is -3.52. The van der Waals surface area contributed by atoms with Crippen molar-refractivity contribution < 1.29 is 8.81 Å². The van der Waals surface area contributed by atoms with Crippen LogP contribution in [0.2, 0.25) is 0 Å². The molecule has 1 fully saturated rings. The van der Waals surface area contributed by atoms with Gasteiger partial charge in [0.25, 0.3) is 0 Å². The van der Waals surface area contributed by atoms with Crippen LogP contribution in [0, 0.1) is 5.82 Å². The summed E-state index contributed by atoms with van der Waals surface area (Å²) in [5.41, 5.74) is 4.26. The second-order valence-corrected chi connectivity index (χ2v) is 8.15. The molecular weight excluding hydrogens is 395 g/mol. The SMILES string of the molecule is CN1CCC(c2nnc3ccc(-c4c(-c5ccc(F)cc5)nc5occn45)cn23)CC1. The van der Waals surface area contributed by atoms with E-state index >= 15 is 0 Å². The average molecular weight is 416 g/mol. The third kappa shape index (κ3) is 3.02. The fraction of sp³-hybridized carbons (Fsp3) is 0.261. The topological polar surface area (TPSA) is 63.9 Å². The van der Waals surface area contributed by atoms with Gasteiger partial charge in [-0.2, -0.15) is 4.98 Å². The fourth-order valence-electron chi connectivity index (χ4n) is 4.46. The van der Waals surface area contributed by atoms with Crippen LogP contribution in [0.15, 0.2) is 59.5 Å². The molecule has 156 valence electrons. The van der Waals surface area contributed by atoms with Gasteiger partial charge in [-0.05, 0) is 69.4 Å². The van der Waals surface area contributed by atoms with Crippen molar-refractivity contribution in [3.8, 4) is 22.5 Å². The molecule has 4 aromatic heterocycles. The molecule has 1 saturated heterocycles. The van der Waals surface area contributed by atoms with Crippen molar-refractivity contribution in [1.82, 2.24) is 28.9 Å². The van der Waals surface area contributed by atoms with E-state index in [1.807, 2.05) is 22.7 Å². The largest absolute Gasteiger partial charge is 0.432 e. The minimum atomic E-state index is -0.276. The minimum absolute atomic E-state index is 0.276. The van der Waals surface area contributed by atoms with Gasteiger partial charge in [-0.3, -0.25) is 8.80 Å². The summed E-state index contributed by atoms with van der Waals surface area (Å²) in [7, 11) is 2.16. The van der Waals surface area contributed by atoms with Crippen molar-refractivity contribution in [3.63, 3.8) is 0 Å². The van der Waals surface area contributed by atoms with E-state index in [2.05, 4.69) is 37.7 Å². The number of hydrogen-bond acceptors (Lipinski definition) is 5. The van der Waals surface area contributed by atoms with E-state index in [1.165, 1.54) is 12.1 Å². The zero-order chi connectivity index (χ0) is 20.9. The van der Waals surface area contributed by atoms with Crippen LogP contribution < -0.4 is 0 Å². The molecule has 7 nitrogen and oxygen atoms in total. The first kappa shape index (κ1) is 18.3. The molecule has 31 heavy (non-hydrogen) atoms. The van der Waals surface area contributed by atoms with Crippen LogP contribution in [0.3, 0.4) is 0 Å². The maximum atomic E-state index is 13.5. The van der Waals surface area contributed by atoms with Crippen molar-refractivity contribution in [2.24, 2.45) is 0 Å². The van der Waals surface area contributed by atoms with Gasteiger partial charge in [-0.15, -0.1) is 10.2 Å². The lowest BCUT2D eigenvalue weighted by atomic mass is 9.96. The highest BCUT2D eigenvalue weighted by Gasteiger charge is 2.24. The highest BCUT2D eigenvalue weighted by molar-refractivity contribution is 5.81. The van der Waals surface area contributed by atoms with Gasteiger partial charge in [-0.25, -0.2) is 4.39 Å². The lowest BCUT2D eigenvalue weighted by Crippen LogP contribution is -2.29. The molecule has 1 aliphatic rings. The van der Waals surface area contributed by atoms with Gasteiger partial charge in [0.1, 0.15) is 23.6 Å². The van der Waals surface area contributed by atoms with Crippen LogP contribution in [0.25, 0.3) is 34.0 Å². The van der Waals surface area contributed by atoms with Crippen molar-refractivity contribution in [2.75, 3.05) is 20.1 Å². The van der Waals surface area contributed by atoms with Crippen LogP contribution in [0.4, 0.5) is 4.39 Å². The summed E-state index contributed by atoms with van der Waals surface area (Å²) in [6.45, 7) is 2.12. The zero-order valence-corrected chi connectivity index (χ0v) is 17.1. The van der Waals surface area contributed by atoms with Crippen molar-refractivity contribution in [3.05, 3.63) is 66.7 Å². The monoisotopic (exact) mass is 416 g/mol. The second kappa shape index (κ2) is 7.02. The number of piperidine rings is 1. The summed E-state index contributed by atoms with van der Waals surface area (Å²) < 4.78 is 23.1. The molecule has 1 aliphatic heterocycles. The van der Waals surface area contributed by atoms with Crippen molar-refractivity contribution in [2.45, 2.75) is 18.8 Å². The molecule has 0 aliphatic carbocycles. The second-order valence-electron chi connectivity index (χ2n) is 8.15. The van der Waals surface area contributed by atoms with Gasteiger partial charge in [0.15, 0.2) is 5.65 Å². The summed E-state index contributed by atoms with van der Waals surface area (Å²) in [5.74, 6) is 1.61. The molecule has 0 spiro atoms. The molecule has 0 atom stereocenters. The highest BCUT2D eigenvalue weighted by Crippen LogP contribution is 2.34. The fourth-order valence-corrected chi connectivity index (χ4v) is 4.46. The molecule has 0 N–H and O–H groups in total. The number of likely N-dealkylation sites (tertiary alicyclic amines) is 1. The first-order valence-corrected chi connectivity index (χ1v) is 10.4. The highest BCUT2D eigenvalue weighted by atomic mass is 19.1. The average Bonchev–Trinajstić information content (AvgIpc) is 3.49. The molecule has 0 radical (unpaired) electrons. The van der Waals surface area contributed by atoms with Gasteiger partial charge in [0, 0.05) is 29.4 Å². The van der Waals surface area contributed by atoms with Gasteiger partial charge >= 0.3 is 5.84 Å². The minimum Gasteiger partial charge on any atom is -0.432 e. The number of nitrogens with zero attached hydrogens (tertiary/aromatic N) is 6. The normalized spacial score (nSPS) is 15.9. The smallest absolute Gasteiger partial charge is 0.306 e. The number of hydrogen-bond donors (Lipinski definition) is 0. The van der Waals surface area contributed by atoms with E-state index in [0.29, 0.717) is 11.8 Å². The Morgan fingerprint density at radius 2 is 1.74 bits per heavy atom.